The highest BCUT2D eigenvalue weighted by atomic mass is 31.2. The second-order valence-corrected chi connectivity index (χ2v) is 10.4. The summed E-state index contributed by atoms with van der Waals surface area (Å²) in [6.45, 7) is -2.76. The second kappa shape index (κ2) is 13.0. The van der Waals surface area contributed by atoms with Gasteiger partial charge in [-0.3, -0.25) is 13.6 Å². The van der Waals surface area contributed by atoms with Gasteiger partial charge in [0.1, 0.15) is 73.2 Å². The topological polar surface area (TPSA) is 315 Å². The molecule has 0 amide bonds. The molecule has 0 aromatic carbocycles. The van der Waals surface area contributed by atoms with Gasteiger partial charge < -0.3 is 75.5 Å². The van der Waals surface area contributed by atoms with Crippen LogP contribution in [0, 0.1) is 0 Å². The van der Waals surface area contributed by atoms with E-state index in [4.69, 9.17) is 27.8 Å². The van der Waals surface area contributed by atoms with Crippen molar-refractivity contribution in [3.05, 3.63) is 0 Å². The van der Waals surface area contributed by atoms with E-state index in [2.05, 4.69) is 0 Å². The molecule has 15 atom stereocenters. The van der Waals surface area contributed by atoms with Gasteiger partial charge in [-0.2, -0.15) is 0 Å². The molecule has 3 rings (SSSR count). The fraction of sp³-hybridized carbons (Fsp3) is 1.00. The average molecular weight is 584 g/mol. The molecule has 0 spiro atoms. The molecule has 3 aliphatic heterocycles. The predicted molar refractivity (Wildman–Crippen MR) is 112 cm³/mol. The number of aliphatic hydroxyl groups excluding tert-OH is 12. The fourth-order valence-electron chi connectivity index (χ4n) is 3.92. The van der Waals surface area contributed by atoms with Crippen LogP contribution >= 0.6 is 7.82 Å². The molecule has 0 aromatic heterocycles. The van der Waals surface area contributed by atoms with E-state index in [1.54, 1.807) is 0 Å². The lowest BCUT2D eigenvalue weighted by atomic mass is 9.99. The van der Waals surface area contributed by atoms with Gasteiger partial charge in [-0.1, -0.05) is 0 Å². The van der Waals surface area contributed by atoms with Crippen molar-refractivity contribution in [1.82, 2.24) is 0 Å². The molecule has 0 saturated carbocycles. The number of rotatable bonds is 9. The number of phosphoric ester groups is 1. The molecule has 3 heterocycles. The third-order valence-electron chi connectivity index (χ3n) is 6.24. The SMILES string of the molecule is O=P(O[C@H]1O[C@H](CO)[C@@H](O)[C@@H](O)[C@H]1O)(O[C@H]1O[C@H](CO)[C@@H](O)[C@@H](O)[C@H]1O)O[C@H]1O[C@H](CO)[C@@H](O)[C@@H](O)[C@H]1O. The Labute approximate surface area is 214 Å². The van der Waals surface area contributed by atoms with E-state index in [1.165, 1.54) is 0 Å². The van der Waals surface area contributed by atoms with Crippen LogP contribution in [-0.2, 0) is 32.3 Å². The van der Waals surface area contributed by atoms with E-state index in [9.17, 15) is 65.8 Å². The van der Waals surface area contributed by atoms with Gasteiger partial charge in [-0.15, -0.1) is 0 Å². The van der Waals surface area contributed by atoms with Gasteiger partial charge in [0, 0.05) is 0 Å². The highest BCUT2D eigenvalue weighted by Gasteiger charge is 2.54. The Kier molecular flexibility index (Phi) is 11.0. The van der Waals surface area contributed by atoms with Crippen molar-refractivity contribution in [2.45, 2.75) is 92.1 Å². The van der Waals surface area contributed by atoms with Gasteiger partial charge in [0.15, 0.2) is 18.9 Å². The lowest BCUT2D eigenvalue weighted by Crippen LogP contribution is -2.60. The van der Waals surface area contributed by atoms with Gasteiger partial charge in [0.2, 0.25) is 0 Å². The maximum absolute atomic E-state index is 13.7. The molecule has 12 N–H and O–H groups in total. The van der Waals surface area contributed by atoms with Crippen LogP contribution in [0.4, 0.5) is 0 Å². The molecular weight excluding hydrogens is 551 g/mol. The summed E-state index contributed by atoms with van der Waals surface area (Å²) in [6.07, 6.45) is -29.5. The molecule has 3 saturated heterocycles. The monoisotopic (exact) mass is 584 g/mol. The molecule has 0 unspecified atom stereocenters. The van der Waals surface area contributed by atoms with Crippen LogP contribution in [0.3, 0.4) is 0 Å². The van der Waals surface area contributed by atoms with Crippen molar-refractivity contribution in [2.24, 2.45) is 0 Å². The maximum Gasteiger partial charge on any atom is 0.482 e. The first kappa shape index (κ1) is 32.0. The van der Waals surface area contributed by atoms with Gasteiger partial charge in [0.05, 0.1) is 19.8 Å². The molecule has 20 heteroatoms. The summed E-state index contributed by atoms with van der Waals surface area (Å²) in [5.74, 6) is 0. The number of hydrogen-bond acceptors (Lipinski definition) is 19. The summed E-state index contributed by atoms with van der Waals surface area (Å²) < 4.78 is 44.2. The zero-order valence-corrected chi connectivity index (χ0v) is 20.3. The lowest BCUT2D eigenvalue weighted by molar-refractivity contribution is -0.311. The van der Waals surface area contributed by atoms with Crippen molar-refractivity contribution < 1.29 is 93.6 Å². The Morgan fingerprint density at radius 3 is 0.895 bits per heavy atom. The molecule has 224 valence electrons. The predicted octanol–water partition coefficient (Wildman–Crippen LogP) is -7.46. The highest BCUT2D eigenvalue weighted by molar-refractivity contribution is 7.48. The minimum atomic E-state index is -5.46. The molecule has 38 heavy (non-hydrogen) atoms. The van der Waals surface area contributed by atoms with Crippen molar-refractivity contribution in [3.63, 3.8) is 0 Å². The average Bonchev–Trinajstić information content (AvgIpc) is 2.89. The number of hydrogen-bond donors (Lipinski definition) is 12. The van der Waals surface area contributed by atoms with Crippen molar-refractivity contribution in [3.8, 4) is 0 Å². The number of aliphatic hydroxyl groups is 12. The van der Waals surface area contributed by atoms with E-state index in [-0.39, 0.29) is 0 Å². The normalized spacial score (nSPS) is 48.7. The van der Waals surface area contributed by atoms with E-state index in [0.717, 1.165) is 0 Å². The van der Waals surface area contributed by atoms with Gasteiger partial charge in [-0.05, 0) is 0 Å². The van der Waals surface area contributed by atoms with Gasteiger partial charge in [-0.25, -0.2) is 4.57 Å². The quantitative estimate of drug-likeness (QED) is 0.112. The summed E-state index contributed by atoms with van der Waals surface area (Å²) in [6, 6.07) is 0. The maximum atomic E-state index is 13.7. The summed E-state index contributed by atoms with van der Waals surface area (Å²) in [5, 5.41) is 119. The molecule has 0 bridgehead atoms. The standard InChI is InChI=1S/C18H33O19P/c19-1-4-7(22)10(25)13(28)16(32-4)35-38(31,36-17-14(29)11(26)8(23)5(2-20)33-17)37-18-15(30)12(27)9(24)6(3-21)34-18/h4-30H,1-3H2/t4-,5-,6-,7-,8-,9-,10-,11-,12-,13-,14-,15-,16-,17-,18-/m1/s1. The Morgan fingerprint density at radius 2 is 0.684 bits per heavy atom. The Bertz CT molecular complexity index is 700. The van der Waals surface area contributed by atoms with E-state index < -0.39 is 120 Å². The Hall–Kier alpha value is -0.490. The largest absolute Gasteiger partial charge is 0.482 e. The number of ether oxygens (including phenoxy) is 3. The van der Waals surface area contributed by atoms with E-state index in [1.807, 2.05) is 0 Å². The van der Waals surface area contributed by atoms with Crippen LogP contribution in [0.1, 0.15) is 0 Å². The fourth-order valence-corrected chi connectivity index (χ4v) is 5.36. The van der Waals surface area contributed by atoms with Crippen LogP contribution in [0.2, 0.25) is 0 Å². The first-order chi connectivity index (χ1) is 17.8. The van der Waals surface area contributed by atoms with Crippen LogP contribution in [0.15, 0.2) is 0 Å². The van der Waals surface area contributed by atoms with Crippen molar-refractivity contribution in [2.75, 3.05) is 19.8 Å². The highest BCUT2D eigenvalue weighted by Crippen LogP contribution is 2.56. The smallest absolute Gasteiger partial charge is 0.394 e. The van der Waals surface area contributed by atoms with Crippen LogP contribution in [0.5, 0.6) is 0 Å². The molecule has 3 fully saturated rings. The zero-order valence-electron chi connectivity index (χ0n) is 19.5. The van der Waals surface area contributed by atoms with Crippen LogP contribution in [0.25, 0.3) is 0 Å². The molecule has 3 aliphatic rings. The first-order valence-electron chi connectivity index (χ1n) is 11.3. The molecular formula is C18H33O19P. The van der Waals surface area contributed by atoms with Crippen molar-refractivity contribution in [1.29, 1.82) is 0 Å². The second-order valence-electron chi connectivity index (χ2n) is 8.86. The zero-order chi connectivity index (χ0) is 28.5. The molecule has 0 radical (unpaired) electrons. The Balaban J connectivity index is 1.91. The van der Waals surface area contributed by atoms with Gasteiger partial charge in [0.25, 0.3) is 0 Å². The van der Waals surface area contributed by atoms with Gasteiger partial charge >= 0.3 is 7.82 Å². The third-order valence-corrected chi connectivity index (χ3v) is 7.64. The third kappa shape index (κ3) is 6.52. The van der Waals surface area contributed by atoms with Crippen LogP contribution in [-0.4, -0.2) is 173 Å². The minimum Gasteiger partial charge on any atom is -0.394 e. The Morgan fingerprint density at radius 1 is 0.447 bits per heavy atom. The van der Waals surface area contributed by atoms with E-state index >= 15 is 0 Å². The summed E-state index contributed by atoms with van der Waals surface area (Å²) in [4.78, 5) is 0. The number of phosphoric acid groups is 1. The molecule has 0 aromatic rings. The van der Waals surface area contributed by atoms with Crippen molar-refractivity contribution >= 4 is 7.82 Å². The molecule has 0 aliphatic carbocycles. The minimum absolute atomic E-state index is 0.920. The van der Waals surface area contributed by atoms with E-state index in [0.29, 0.717) is 0 Å². The summed E-state index contributed by atoms with van der Waals surface area (Å²) in [5.41, 5.74) is 0. The summed E-state index contributed by atoms with van der Waals surface area (Å²) >= 11 is 0. The first-order valence-corrected chi connectivity index (χ1v) is 12.8. The lowest BCUT2D eigenvalue weighted by Gasteiger charge is -2.44. The van der Waals surface area contributed by atoms with Crippen LogP contribution < -0.4 is 0 Å². The summed E-state index contributed by atoms with van der Waals surface area (Å²) in [7, 11) is -5.46. The molecule has 19 nitrogen and oxygen atoms in total.